The highest BCUT2D eigenvalue weighted by atomic mass is 16.5. The number of fused-ring (bicyclic) bond motifs is 1. The first kappa shape index (κ1) is 20.9. The van der Waals surface area contributed by atoms with E-state index in [4.69, 9.17) is 4.74 Å². The molecule has 1 aliphatic rings. The fourth-order valence-corrected chi connectivity index (χ4v) is 3.66. The van der Waals surface area contributed by atoms with E-state index in [0.29, 0.717) is 25.1 Å². The fourth-order valence-electron chi connectivity index (χ4n) is 3.66. The maximum atomic E-state index is 12.4. The van der Waals surface area contributed by atoms with Gasteiger partial charge in [-0.15, -0.1) is 0 Å². The lowest BCUT2D eigenvalue weighted by Gasteiger charge is -2.30. The second-order valence-corrected chi connectivity index (χ2v) is 7.11. The number of hydrogen-bond donors (Lipinski definition) is 2. The van der Waals surface area contributed by atoms with E-state index in [1.807, 2.05) is 30.3 Å². The van der Waals surface area contributed by atoms with Crippen molar-refractivity contribution in [2.24, 2.45) is 0 Å². The SMILES string of the molecule is CCN(CC)[C@@H](CNC(=O)COc1ccc2c(c1)CCC(=O)N2)c1ccccc1. The zero-order valence-corrected chi connectivity index (χ0v) is 17.1. The molecular formula is C23H29N3O3. The molecule has 0 unspecified atom stereocenters. The highest BCUT2D eigenvalue weighted by Gasteiger charge is 2.19. The predicted octanol–water partition coefficient (Wildman–Crippen LogP) is 3.15. The van der Waals surface area contributed by atoms with Crippen LogP contribution in [0.25, 0.3) is 0 Å². The van der Waals surface area contributed by atoms with E-state index in [1.165, 1.54) is 5.56 Å². The number of nitrogens with zero attached hydrogens (tertiary/aromatic N) is 1. The summed E-state index contributed by atoms with van der Waals surface area (Å²) >= 11 is 0. The number of hydrogen-bond acceptors (Lipinski definition) is 4. The average molecular weight is 396 g/mol. The lowest BCUT2D eigenvalue weighted by Crippen LogP contribution is -2.39. The van der Waals surface area contributed by atoms with Crippen LogP contribution in [0.15, 0.2) is 48.5 Å². The third-order valence-corrected chi connectivity index (χ3v) is 5.27. The molecule has 0 fully saturated rings. The molecule has 0 aromatic heterocycles. The molecule has 2 N–H and O–H groups in total. The molecular weight excluding hydrogens is 366 g/mol. The van der Waals surface area contributed by atoms with Crippen molar-refractivity contribution in [2.75, 3.05) is 31.6 Å². The van der Waals surface area contributed by atoms with Crippen LogP contribution in [0.5, 0.6) is 5.75 Å². The van der Waals surface area contributed by atoms with E-state index in [9.17, 15) is 9.59 Å². The standard InChI is InChI=1S/C23H29N3O3/c1-3-26(4-2)21(17-8-6-5-7-9-17)15-24-23(28)16-29-19-11-12-20-18(14-19)10-13-22(27)25-20/h5-9,11-12,14,21H,3-4,10,13,15-16H2,1-2H3,(H,24,28)(H,25,27)/t21-/m0/s1. The Morgan fingerprint density at radius 3 is 2.62 bits per heavy atom. The highest BCUT2D eigenvalue weighted by Crippen LogP contribution is 2.26. The number of amides is 2. The van der Waals surface area contributed by atoms with Crippen LogP contribution in [0.2, 0.25) is 0 Å². The molecule has 29 heavy (non-hydrogen) atoms. The van der Waals surface area contributed by atoms with Gasteiger partial charge in [-0.2, -0.15) is 0 Å². The van der Waals surface area contributed by atoms with Gasteiger partial charge in [0, 0.05) is 18.7 Å². The van der Waals surface area contributed by atoms with Crippen LogP contribution in [0.3, 0.4) is 0 Å². The van der Waals surface area contributed by atoms with Crippen molar-refractivity contribution in [3.05, 3.63) is 59.7 Å². The van der Waals surface area contributed by atoms with Crippen LogP contribution >= 0.6 is 0 Å². The maximum Gasteiger partial charge on any atom is 0.258 e. The topological polar surface area (TPSA) is 70.7 Å². The normalized spacial score (nSPS) is 14.1. The summed E-state index contributed by atoms with van der Waals surface area (Å²) in [6.45, 7) is 6.57. The summed E-state index contributed by atoms with van der Waals surface area (Å²) in [6, 6.07) is 15.9. The van der Waals surface area contributed by atoms with Gasteiger partial charge in [-0.1, -0.05) is 44.2 Å². The maximum absolute atomic E-state index is 12.4. The molecule has 3 rings (SSSR count). The molecule has 154 valence electrons. The predicted molar refractivity (Wildman–Crippen MR) is 114 cm³/mol. The molecule has 0 bridgehead atoms. The van der Waals surface area contributed by atoms with E-state index >= 15 is 0 Å². The highest BCUT2D eigenvalue weighted by molar-refractivity contribution is 5.94. The first-order valence-electron chi connectivity index (χ1n) is 10.2. The second-order valence-electron chi connectivity index (χ2n) is 7.11. The second kappa shape index (κ2) is 10.1. The van der Waals surface area contributed by atoms with Gasteiger partial charge >= 0.3 is 0 Å². The van der Waals surface area contributed by atoms with Crippen LogP contribution < -0.4 is 15.4 Å². The zero-order valence-electron chi connectivity index (χ0n) is 17.1. The van der Waals surface area contributed by atoms with Gasteiger partial charge in [0.15, 0.2) is 6.61 Å². The van der Waals surface area contributed by atoms with Crippen molar-refractivity contribution in [1.82, 2.24) is 10.2 Å². The summed E-state index contributed by atoms with van der Waals surface area (Å²) in [6.07, 6.45) is 1.16. The Morgan fingerprint density at radius 2 is 1.90 bits per heavy atom. The van der Waals surface area contributed by atoms with Gasteiger partial charge in [-0.25, -0.2) is 0 Å². The molecule has 6 heteroatoms. The molecule has 0 saturated carbocycles. The summed E-state index contributed by atoms with van der Waals surface area (Å²) in [5.41, 5.74) is 3.05. The van der Waals surface area contributed by atoms with E-state index in [0.717, 1.165) is 24.3 Å². The molecule has 2 aromatic carbocycles. The molecule has 6 nitrogen and oxygen atoms in total. The first-order chi connectivity index (χ1) is 14.1. The molecule has 1 atom stereocenters. The number of rotatable bonds is 9. The molecule has 2 aromatic rings. The number of carbonyl (C=O) groups is 2. The van der Waals surface area contributed by atoms with Crippen LogP contribution in [0.4, 0.5) is 5.69 Å². The number of benzene rings is 2. The Balaban J connectivity index is 1.55. The fraction of sp³-hybridized carbons (Fsp3) is 0.391. The number of ether oxygens (including phenoxy) is 1. The van der Waals surface area contributed by atoms with Gasteiger partial charge in [0.05, 0.1) is 6.04 Å². The van der Waals surface area contributed by atoms with Crippen molar-refractivity contribution in [1.29, 1.82) is 0 Å². The Bertz CT molecular complexity index is 835. The van der Waals surface area contributed by atoms with Gasteiger partial charge < -0.3 is 15.4 Å². The summed E-state index contributed by atoms with van der Waals surface area (Å²) in [5, 5.41) is 5.85. The van der Waals surface area contributed by atoms with Crippen molar-refractivity contribution in [3.8, 4) is 5.75 Å². The summed E-state index contributed by atoms with van der Waals surface area (Å²) < 4.78 is 5.67. The Kier molecular flexibility index (Phi) is 7.25. The van der Waals surface area contributed by atoms with Crippen molar-refractivity contribution in [3.63, 3.8) is 0 Å². The minimum atomic E-state index is -0.149. The summed E-state index contributed by atoms with van der Waals surface area (Å²) in [7, 11) is 0. The zero-order chi connectivity index (χ0) is 20.6. The largest absolute Gasteiger partial charge is 0.484 e. The number of carbonyl (C=O) groups excluding carboxylic acids is 2. The first-order valence-corrected chi connectivity index (χ1v) is 10.2. The van der Waals surface area contributed by atoms with Crippen molar-refractivity contribution in [2.45, 2.75) is 32.7 Å². The van der Waals surface area contributed by atoms with Gasteiger partial charge in [-0.3, -0.25) is 14.5 Å². The quantitative estimate of drug-likeness (QED) is 0.684. The smallest absolute Gasteiger partial charge is 0.258 e. The third-order valence-electron chi connectivity index (χ3n) is 5.27. The minimum Gasteiger partial charge on any atom is -0.484 e. The Labute approximate surface area is 172 Å². The van der Waals surface area contributed by atoms with Gasteiger partial charge in [-0.05, 0) is 48.8 Å². The summed E-state index contributed by atoms with van der Waals surface area (Å²) in [5.74, 6) is 0.522. The van der Waals surface area contributed by atoms with E-state index < -0.39 is 0 Å². The number of likely N-dealkylation sites (N-methyl/N-ethyl adjacent to an activating group) is 1. The van der Waals surface area contributed by atoms with E-state index in [-0.39, 0.29) is 24.5 Å². The van der Waals surface area contributed by atoms with Crippen LogP contribution in [-0.2, 0) is 16.0 Å². The third kappa shape index (κ3) is 5.57. The van der Waals surface area contributed by atoms with Crippen molar-refractivity contribution < 1.29 is 14.3 Å². The Morgan fingerprint density at radius 1 is 1.14 bits per heavy atom. The number of anilines is 1. The molecule has 1 aliphatic heterocycles. The van der Waals surface area contributed by atoms with Crippen LogP contribution in [-0.4, -0.2) is 43.0 Å². The Hall–Kier alpha value is -2.86. The van der Waals surface area contributed by atoms with Gasteiger partial charge in [0.2, 0.25) is 5.91 Å². The van der Waals surface area contributed by atoms with Crippen molar-refractivity contribution >= 4 is 17.5 Å². The summed E-state index contributed by atoms with van der Waals surface area (Å²) in [4.78, 5) is 26.1. The van der Waals surface area contributed by atoms with Crippen LogP contribution in [0.1, 0.15) is 37.4 Å². The molecule has 0 saturated heterocycles. The van der Waals surface area contributed by atoms with Gasteiger partial charge in [0.25, 0.3) is 5.91 Å². The lowest BCUT2D eigenvalue weighted by atomic mass is 10.0. The molecule has 0 aliphatic carbocycles. The van der Waals surface area contributed by atoms with E-state index in [1.54, 1.807) is 6.07 Å². The lowest BCUT2D eigenvalue weighted by molar-refractivity contribution is -0.123. The molecule has 1 heterocycles. The van der Waals surface area contributed by atoms with Crippen LogP contribution in [0, 0.1) is 0 Å². The average Bonchev–Trinajstić information content (AvgIpc) is 2.75. The minimum absolute atomic E-state index is 0.0340. The monoisotopic (exact) mass is 395 g/mol. The number of nitrogens with one attached hydrogen (secondary N) is 2. The molecule has 2 amide bonds. The molecule has 0 spiro atoms. The molecule has 0 radical (unpaired) electrons. The van der Waals surface area contributed by atoms with E-state index in [2.05, 4.69) is 41.5 Å². The number of aryl methyl sites for hydroxylation is 1. The van der Waals surface area contributed by atoms with Gasteiger partial charge in [0.1, 0.15) is 5.75 Å².